The van der Waals surface area contributed by atoms with Crippen LogP contribution < -0.4 is 0 Å². The topological polar surface area (TPSA) is 33.1 Å². The van der Waals surface area contributed by atoms with Crippen LogP contribution >= 0.6 is 0 Å². The first-order valence-electron chi connectivity index (χ1n) is 9.99. The van der Waals surface area contributed by atoms with Gasteiger partial charge in [0, 0.05) is 17.0 Å². The third-order valence-corrected chi connectivity index (χ3v) is 6.05. The van der Waals surface area contributed by atoms with Crippen LogP contribution in [0.1, 0.15) is 41.1 Å². The molecule has 0 amide bonds. The lowest BCUT2D eigenvalue weighted by Crippen LogP contribution is -2.37. The average molecular weight is 365 g/mol. The SMILES string of the molecule is OC(c1ccccc1)(c1ccccc1)C1CCCc2nc3ccccc3cc21. The van der Waals surface area contributed by atoms with E-state index < -0.39 is 5.60 Å². The summed E-state index contributed by atoms with van der Waals surface area (Å²) in [7, 11) is 0. The van der Waals surface area contributed by atoms with Crippen molar-refractivity contribution in [1.82, 2.24) is 4.98 Å². The van der Waals surface area contributed by atoms with Gasteiger partial charge in [-0.3, -0.25) is 4.98 Å². The molecular weight excluding hydrogens is 342 g/mol. The van der Waals surface area contributed by atoms with E-state index in [1.165, 1.54) is 5.56 Å². The van der Waals surface area contributed by atoms with Gasteiger partial charge in [0.15, 0.2) is 0 Å². The van der Waals surface area contributed by atoms with Gasteiger partial charge in [-0.05, 0) is 48.1 Å². The van der Waals surface area contributed by atoms with Crippen molar-refractivity contribution >= 4 is 10.9 Å². The number of pyridine rings is 1. The van der Waals surface area contributed by atoms with Crippen LogP contribution in [0.5, 0.6) is 0 Å². The number of benzene rings is 3. The Morgan fingerprint density at radius 2 is 1.39 bits per heavy atom. The zero-order valence-electron chi connectivity index (χ0n) is 15.8. The molecule has 28 heavy (non-hydrogen) atoms. The first-order valence-corrected chi connectivity index (χ1v) is 9.99. The van der Waals surface area contributed by atoms with Crippen LogP contribution in [0.2, 0.25) is 0 Å². The zero-order chi connectivity index (χ0) is 19.0. The predicted molar refractivity (Wildman–Crippen MR) is 113 cm³/mol. The Kier molecular flexibility index (Phi) is 4.22. The van der Waals surface area contributed by atoms with Crippen LogP contribution in [0, 0.1) is 0 Å². The summed E-state index contributed by atoms with van der Waals surface area (Å²) >= 11 is 0. The maximum atomic E-state index is 12.3. The van der Waals surface area contributed by atoms with Gasteiger partial charge in [0.25, 0.3) is 0 Å². The molecule has 0 aliphatic heterocycles. The van der Waals surface area contributed by atoms with Crippen molar-refractivity contribution in [2.45, 2.75) is 30.8 Å². The summed E-state index contributed by atoms with van der Waals surface area (Å²) < 4.78 is 0. The molecule has 1 aliphatic rings. The fourth-order valence-electron chi connectivity index (χ4n) is 4.69. The molecule has 0 radical (unpaired) electrons. The fourth-order valence-corrected chi connectivity index (χ4v) is 4.69. The summed E-state index contributed by atoms with van der Waals surface area (Å²) in [6.45, 7) is 0. The van der Waals surface area contributed by atoms with Gasteiger partial charge in [-0.2, -0.15) is 0 Å². The lowest BCUT2D eigenvalue weighted by molar-refractivity contribution is 0.0426. The minimum Gasteiger partial charge on any atom is -0.380 e. The standard InChI is InChI=1S/C26H23NO/c28-26(20-11-3-1-4-12-20,21-13-5-2-6-14-21)23-15-9-17-25-22(23)18-19-10-7-8-16-24(19)27-25/h1-8,10-14,16,18,23,28H,9,15,17H2. The number of hydrogen-bond donors (Lipinski definition) is 1. The van der Waals surface area contributed by atoms with Crippen LogP contribution in [0.15, 0.2) is 91.0 Å². The Balaban J connectivity index is 1.75. The Morgan fingerprint density at radius 1 is 0.786 bits per heavy atom. The maximum Gasteiger partial charge on any atom is 0.121 e. The monoisotopic (exact) mass is 365 g/mol. The number of aryl methyl sites for hydroxylation is 1. The molecule has 1 atom stereocenters. The van der Waals surface area contributed by atoms with E-state index in [2.05, 4.69) is 24.3 Å². The third-order valence-electron chi connectivity index (χ3n) is 6.05. The van der Waals surface area contributed by atoms with E-state index in [0.717, 1.165) is 47.0 Å². The first kappa shape index (κ1) is 17.2. The van der Waals surface area contributed by atoms with Crippen molar-refractivity contribution < 1.29 is 5.11 Å². The van der Waals surface area contributed by atoms with E-state index in [4.69, 9.17) is 4.98 Å². The highest BCUT2D eigenvalue weighted by molar-refractivity contribution is 5.79. The van der Waals surface area contributed by atoms with Gasteiger partial charge >= 0.3 is 0 Å². The molecule has 0 saturated carbocycles. The molecule has 0 saturated heterocycles. The number of fused-ring (bicyclic) bond motifs is 2. The second-order valence-corrected chi connectivity index (χ2v) is 7.66. The first-order chi connectivity index (χ1) is 13.8. The Hall–Kier alpha value is -2.97. The molecule has 1 heterocycles. The van der Waals surface area contributed by atoms with Crippen molar-refractivity contribution in [3.8, 4) is 0 Å². The summed E-state index contributed by atoms with van der Waals surface area (Å²) in [4.78, 5) is 4.96. The van der Waals surface area contributed by atoms with E-state index >= 15 is 0 Å². The van der Waals surface area contributed by atoms with E-state index in [-0.39, 0.29) is 5.92 Å². The second-order valence-electron chi connectivity index (χ2n) is 7.66. The molecule has 1 unspecified atom stereocenters. The van der Waals surface area contributed by atoms with Crippen LogP contribution in [0.4, 0.5) is 0 Å². The summed E-state index contributed by atoms with van der Waals surface area (Å²) in [5.74, 6) is -0.0295. The van der Waals surface area contributed by atoms with E-state index in [0.29, 0.717) is 0 Å². The quantitative estimate of drug-likeness (QED) is 0.513. The zero-order valence-corrected chi connectivity index (χ0v) is 15.8. The summed E-state index contributed by atoms with van der Waals surface area (Å²) in [6.07, 6.45) is 2.94. The molecule has 138 valence electrons. The molecule has 0 spiro atoms. The lowest BCUT2D eigenvalue weighted by Gasteiger charge is -2.40. The highest BCUT2D eigenvalue weighted by Crippen LogP contribution is 2.48. The fraction of sp³-hybridized carbons (Fsp3) is 0.192. The van der Waals surface area contributed by atoms with E-state index in [9.17, 15) is 5.11 Å². The van der Waals surface area contributed by atoms with Crippen molar-refractivity contribution in [2.24, 2.45) is 0 Å². The van der Waals surface area contributed by atoms with Crippen molar-refractivity contribution in [2.75, 3.05) is 0 Å². The molecule has 3 aromatic carbocycles. The summed E-state index contributed by atoms with van der Waals surface area (Å²) in [5.41, 5.74) is 4.13. The minimum atomic E-state index is -1.08. The highest BCUT2D eigenvalue weighted by atomic mass is 16.3. The normalized spacial score (nSPS) is 16.7. The van der Waals surface area contributed by atoms with Crippen molar-refractivity contribution in [3.05, 3.63) is 113 Å². The predicted octanol–water partition coefficient (Wildman–Crippen LogP) is 5.59. The Labute approximate surface area is 165 Å². The van der Waals surface area contributed by atoms with E-state index in [1.807, 2.05) is 66.7 Å². The number of para-hydroxylation sites is 1. The Morgan fingerprint density at radius 3 is 2.07 bits per heavy atom. The highest BCUT2D eigenvalue weighted by Gasteiger charge is 2.43. The molecule has 0 bridgehead atoms. The number of aliphatic hydroxyl groups is 1. The number of hydrogen-bond acceptors (Lipinski definition) is 2. The maximum absolute atomic E-state index is 12.3. The second kappa shape index (κ2) is 6.88. The molecule has 5 rings (SSSR count). The van der Waals surface area contributed by atoms with Gasteiger partial charge in [0.1, 0.15) is 5.60 Å². The summed E-state index contributed by atoms with van der Waals surface area (Å²) in [6, 6.07) is 30.7. The minimum absolute atomic E-state index is 0.0295. The third kappa shape index (κ3) is 2.73. The molecule has 2 heteroatoms. The number of aromatic nitrogens is 1. The molecule has 1 N–H and O–H groups in total. The van der Waals surface area contributed by atoms with E-state index in [1.54, 1.807) is 0 Å². The van der Waals surface area contributed by atoms with Gasteiger partial charge in [-0.1, -0.05) is 78.9 Å². The van der Waals surface area contributed by atoms with Gasteiger partial charge < -0.3 is 5.11 Å². The average Bonchev–Trinajstić information content (AvgIpc) is 2.78. The van der Waals surface area contributed by atoms with Gasteiger partial charge in [0.2, 0.25) is 0 Å². The smallest absolute Gasteiger partial charge is 0.121 e. The van der Waals surface area contributed by atoms with Gasteiger partial charge in [0.05, 0.1) is 5.52 Å². The van der Waals surface area contributed by atoms with Crippen LogP contribution in [-0.4, -0.2) is 10.1 Å². The van der Waals surface area contributed by atoms with Crippen molar-refractivity contribution in [1.29, 1.82) is 0 Å². The molecule has 2 nitrogen and oxygen atoms in total. The Bertz CT molecular complexity index is 1070. The largest absolute Gasteiger partial charge is 0.380 e. The number of rotatable bonds is 3. The molecule has 1 aliphatic carbocycles. The van der Waals surface area contributed by atoms with Crippen LogP contribution in [-0.2, 0) is 12.0 Å². The van der Waals surface area contributed by atoms with Crippen LogP contribution in [0.3, 0.4) is 0 Å². The molecule has 4 aromatic rings. The van der Waals surface area contributed by atoms with Gasteiger partial charge in [-0.15, -0.1) is 0 Å². The lowest BCUT2D eigenvalue weighted by atomic mass is 9.68. The van der Waals surface area contributed by atoms with Crippen LogP contribution in [0.25, 0.3) is 10.9 Å². The number of nitrogens with zero attached hydrogens (tertiary/aromatic N) is 1. The molecule has 1 aromatic heterocycles. The van der Waals surface area contributed by atoms with Crippen molar-refractivity contribution in [3.63, 3.8) is 0 Å². The molecular formula is C26H23NO. The van der Waals surface area contributed by atoms with Gasteiger partial charge in [-0.25, -0.2) is 0 Å². The molecule has 0 fully saturated rings. The summed E-state index contributed by atoms with van der Waals surface area (Å²) in [5, 5.41) is 13.4.